The number of hydrogen-bond acceptors (Lipinski definition) is 6. The maximum absolute atomic E-state index is 13.0. The van der Waals surface area contributed by atoms with Gasteiger partial charge in [0, 0.05) is 24.2 Å². The number of nitrogens with zero attached hydrogens (tertiary/aromatic N) is 2. The van der Waals surface area contributed by atoms with Crippen molar-refractivity contribution in [2.24, 2.45) is 5.92 Å². The topological polar surface area (TPSA) is 85.5 Å². The molecule has 6 nitrogen and oxygen atoms in total. The Hall–Kier alpha value is -2.15. The first-order valence-electron chi connectivity index (χ1n) is 9.68. The third-order valence-corrected chi connectivity index (χ3v) is 6.14. The highest BCUT2D eigenvalue weighted by atomic mass is 32.1. The van der Waals surface area contributed by atoms with Crippen LogP contribution in [-0.2, 0) is 16.0 Å². The van der Waals surface area contributed by atoms with E-state index in [1.807, 2.05) is 19.1 Å². The number of fused-ring (bicyclic) bond motifs is 1. The number of nitrogens with two attached hydrogens (primary N) is 1. The molecule has 1 fully saturated rings. The molecule has 27 heavy (non-hydrogen) atoms. The van der Waals surface area contributed by atoms with Gasteiger partial charge in [0.2, 0.25) is 0 Å². The van der Waals surface area contributed by atoms with Crippen LogP contribution < -0.4 is 5.73 Å². The third kappa shape index (κ3) is 4.24. The normalized spacial score (nSPS) is 15.3. The van der Waals surface area contributed by atoms with Crippen LogP contribution >= 0.6 is 11.3 Å². The Kier molecular flexibility index (Phi) is 6.31. The van der Waals surface area contributed by atoms with Crippen molar-refractivity contribution in [3.63, 3.8) is 0 Å². The summed E-state index contributed by atoms with van der Waals surface area (Å²) >= 11 is 1.37. The molecule has 0 atom stereocenters. The largest absolute Gasteiger partial charge is 0.466 e. The van der Waals surface area contributed by atoms with E-state index in [2.05, 4.69) is 11.9 Å². The molecular formula is C20H27N3O3S. The predicted octanol–water partition coefficient (Wildman–Crippen LogP) is 3.64. The van der Waals surface area contributed by atoms with Gasteiger partial charge in [0.25, 0.3) is 5.91 Å². The molecule has 0 spiro atoms. The summed E-state index contributed by atoms with van der Waals surface area (Å²) in [6, 6.07) is 3.98. The summed E-state index contributed by atoms with van der Waals surface area (Å²) in [5, 5.41) is 0.852. The van der Waals surface area contributed by atoms with Crippen LogP contribution in [0.4, 0.5) is 5.69 Å². The minimum absolute atomic E-state index is 0.0621. The SMILES string of the molecule is CCCCc1ccc2c(N)c(C(=O)N3CCC(C(=O)OCC)CC3)sc2n1. The van der Waals surface area contributed by atoms with Gasteiger partial charge in [0.15, 0.2) is 0 Å². The summed E-state index contributed by atoms with van der Waals surface area (Å²) in [6.07, 6.45) is 4.43. The fraction of sp³-hybridized carbons (Fsp3) is 0.550. The Bertz CT molecular complexity index is 825. The first-order valence-corrected chi connectivity index (χ1v) is 10.5. The number of likely N-dealkylation sites (tertiary alicyclic amines) is 1. The number of unbranched alkanes of at least 4 members (excludes halogenated alkanes) is 1. The van der Waals surface area contributed by atoms with Gasteiger partial charge < -0.3 is 15.4 Å². The number of pyridine rings is 1. The lowest BCUT2D eigenvalue weighted by Gasteiger charge is -2.30. The highest BCUT2D eigenvalue weighted by Gasteiger charge is 2.30. The standard InChI is InChI=1S/C20H27N3O3S/c1-3-5-6-14-7-8-15-16(21)17(27-18(15)22-14)19(24)23-11-9-13(10-12-23)20(25)26-4-2/h7-8,13H,3-6,9-12,21H2,1-2H3. The van der Waals surface area contributed by atoms with E-state index in [9.17, 15) is 9.59 Å². The molecule has 1 amide bonds. The fourth-order valence-corrected chi connectivity index (χ4v) is 4.49. The van der Waals surface area contributed by atoms with Crippen LogP contribution in [0.25, 0.3) is 10.2 Å². The number of aromatic nitrogens is 1. The molecule has 1 aliphatic heterocycles. The zero-order chi connectivity index (χ0) is 19.4. The number of esters is 1. The van der Waals surface area contributed by atoms with Crippen molar-refractivity contribution < 1.29 is 14.3 Å². The summed E-state index contributed by atoms with van der Waals surface area (Å²) in [6.45, 7) is 5.45. The Morgan fingerprint density at radius 2 is 2.04 bits per heavy atom. The summed E-state index contributed by atoms with van der Waals surface area (Å²) in [7, 11) is 0. The Balaban J connectivity index is 1.72. The van der Waals surface area contributed by atoms with Crippen LogP contribution in [0, 0.1) is 5.92 Å². The van der Waals surface area contributed by atoms with Gasteiger partial charge in [-0.15, -0.1) is 11.3 Å². The molecule has 7 heteroatoms. The maximum atomic E-state index is 13.0. The van der Waals surface area contributed by atoms with Gasteiger partial charge in [-0.05, 0) is 44.7 Å². The molecule has 2 N–H and O–H groups in total. The molecule has 0 unspecified atom stereocenters. The van der Waals surface area contributed by atoms with Gasteiger partial charge in [-0.25, -0.2) is 4.98 Å². The minimum Gasteiger partial charge on any atom is -0.466 e. The Morgan fingerprint density at radius 3 is 2.70 bits per heavy atom. The zero-order valence-corrected chi connectivity index (χ0v) is 16.8. The highest BCUT2D eigenvalue weighted by molar-refractivity contribution is 7.21. The van der Waals surface area contributed by atoms with Crippen LogP contribution in [0.15, 0.2) is 12.1 Å². The van der Waals surface area contributed by atoms with Crippen molar-refractivity contribution in [3.05, 3.63) is 22.7 Å². The lowest BCUT2D eigenvalue weighted by atomic mass is 9.97. The molecule has 0 saturated carbocycles. The number of carbonyl (C=O) groups is 2. The van der Waals surface area contributed by atoms with Gasteiger partial charge in [0.05, 0.1) is 18.2 Å². The molecule has 3 rings (SSSR count). The second-order valence-electron chi connectivity index (χ2n) is 6.92. The van der Waals surface area contributed by atoms with Crippen LogP contribution in [0.1, 0.15) is 54.9 Å². The number of ether oxygens (including phenoxy) is 1. The molecule has 1 saturated heterocycles. The third-order valence-electron chi connectivity index (χ3n) is 5.03. The molecule has 3 heterocycles. The lowest BCUT2D eigenvalue weighted by Crippen LogP contribution is -2.40. The van der Waals surface area contributed by atoms with Crippen molar-refractivity contribution in [1.82, 2.24) is 9.88 Å². The first kappa shape index (κ1) is 19.6. The van der Waals surface area contributed by atoms with Crippen LogP contribution in [0.5, 0.6) is 0 Å². The van der Waals surface area contributed by atoms with E-state index in [0.29, 0.717) is 43.1 Å². The van der Waals surface area contributed by atoms with Crippen molar-refractivity contribution in [2.75, 3.05) is 25.4 Å². The van der Waals surface area contributed by atoms with E-state index in [0.717, 1.165) is 35.2 Å². The average molecular weight is 390 g/mol. The zero-order valence-electron chi connectivity index (χ0n) is 16.0. The Labute approximate surface area is 163 Å². The molecular weight excluding hydrogens is 362 g/mol. The van der Waals surface area contributed by atoms with Crippen LogP contribution in [0.2, 0.25) is 0 Å². The first-order chi connectivity index (χ1) is 13.0. The molecule has 0 aromatic carbocycles. The quantitative estimate of drug-likeness (QED) is 0.763. The fourth-order valence-electron chi connectivity index (χ4n) is 3.41. The van der Waals surface area contributed by atoms with Crippen molar-refractivity contribution >= 4 is 39.1 Å². The van der Waals surface area contributed by atoms with Gasteiger partial charge in [-0.3, -0.25) is 9.59 Å². The van der Waals surface area contributed by atoms with E-state index in [1.165, 1.54) is 11.3 Å². The summed E-state index contributed by atoms with van der Waals surface area (Å²) in [5.74, 6) is -0.334. The second kappa shape index (κ2) is 8.69. The lowest BCUT2D eigenvalue weighted by molar-refractivity contribution is -0.149. The average Bonchev–Trinajstić information content (AvgIpc) is 3.02. The number of piperidine rings is 1. The second-order valence-corrected chi connectivity index (χ2v) is 7.92. The summed E-state index contributed by atoms with van der Waals surface area (Å²) < 4.78 is 5.09. The molecule has 0 aliphatic carbocycles. The molecule has 2 aromatic heterocycles. The summed E-state index contributed by atoms with van der Waals surface area (Å²) in [4.78, 5) is 32.7. The number of hydrogen-bond donors (Lipinski definition) is 1. The highest BCUT2D eigenvalue weighted by Crippen LogP contribution is 2.34. The Morgan fingerprint density at radius 1 is 1.30 bits per heavy atom. The molecule has 2 aromatic rings. The number of aryl methyl sites for hydroxylation is 1. The van der Waals surface area contributed by atoms with Crippen molar-refractivity contribution in [3.8, 4) is 0 Å². The molecule has 146 valence electrons. The maximum Gasteiger partial charge on any atom is 0.309 e. The molecule has 0 bridgehead atoms. The van der Waals surface area contributed by atoms with Crippen LogP contribution in [0.3, 0.4) is 0 Å². The minimum atomic E-state index is -0.158. The van der Waals surface area contributed by atoms with E-state index in [4.69, 9.17) is 10.5 Å². The van der Waals surface area contributed by atoms with E-state index in [-0.39, 0.29) is 17.8 Å². The smallest absolute Gasteiger partial charge is 0.309 e. The number of rotatable bonds is 6. The van der Waals surface area contributed by atoms with E-state index >= 15 is 0 Å². The van der Waals surface area contributed by atoms with Gasteiger partial charge in [-0.2, -0.15) is 0 Å². The molecule has 1 aliphatic rings. The number of nitrogen functional groups attached to an aromatic ring is 1. The van der Waals surface area contributed by atoms with Gasteiger partial charge >= 0.3 is 5.97 Å². The monoisotopic (exact) mass is 389 g/mol. The number of carbonyl (C=O) groups excluding carboxylic acids is 2. The number of anilines is 1. The van der Waals surface area contributed by atoms with Gasteiger partial charge in [0.1, 0.15) is 9.71 Å². The van der Waals surface area contributed by atoms with Gasteiger partial charge in [-0.1, -0.05) is 13.3 Å². The molecule has 0 radical (unpaired) electrons. The van der Waals surface area contributed by atoms with E-state index < -0.39 is 0 Å². The predicted molar refractivity (Wildman–Crippen MR) is 108 cm³/mol. The number of thiophene rings is 1. The van der Waals surface area contributed by atoms with Crippen molar-refractivity contribution in [1.29, 1.82) is 0 Å². The van der Waals surface area contributed by atoms with E-state index in [1.54, 1.807) is 4.90 Å². The van der Waals surface area contributed by atoms with Crippen molar-refractivity contribution in [2.45, 2.75) is 46.0 Å². The van der Waals surface area contributed by atoms with Crippen LogP contribution in [-0.4, -0.2) is 41.5 Å². The number of amides is 1. The summed E-state index contributed by atoms with van der Waals surface area (Å²) in [5.41, 5.74) is 7.82.